The molecule has 1 aromatic heterocycles. The minimum absolute atomic E-state index is 0.0738. The van der Waals surface area contributed by atoms with Gasteiger partial charge >= 0.3 is 12.1 Å². The van der Waals surface area contributed by atoms with Crippen LogP contribution in [0.25, 0.3) is 0 Å². The van der Waals surface area contributed by atoms with Crippen molar-refractivity contribution >= 4 is 5.97 Å². The fourth-order valence-corrected chi connectivity index (χ4v) is 3.43. The summed E-state index contributed by atoms with van der Waals surface area (Å²) in [5.41, 5.74) is 1.16. The maximum atomic E-state index is 13.2. The number of hydrogen-bond acceptors (Lipinski definition) is 3. The minimum atomic E-state index is -5.08. The van der Waals surface area contributed by atoms with E-state index in [1.54, 1.807) is 0 Å². The van der Waals surface area contributed by atoms with Crippen molar-refractivity contribution in [2.75, 3.05) is 13.1 Å². The Morgan fingerprint density at radius 3 is 2.12 bits per heavy atom. The van der Waals surface area contributed by atoms with Crippen molar-refractivity contribution in [3.63, 3.8) is 0 Å². The van der Waals surface area contributed by atoms with E-state index in [1.807, 2.05) is 13.8 Å². The lowest BCUT2D eigenvalue weighted by molar-refractivity contribution is -0.192. The zero-order valence-electron chi connectivity index (χ0n) is 13.9. The van der Waals surface area contributed by atoms with Gasteiger partial charge in [0.05, 0.1) is 6.54 Å². The number of aryl methyl sites for hydroxylation is 2. The fraction of sp³-hybridized carbons (Fsp3) is 0.688. The van der Waals surface area contributed by atoms with Crippen molar-refractivity contribution < 1.29 is 36.3 Å². The first-order valence-electron chi connectivity index (χ1n) is 7.83. The second-order valence-corrected chi connectivity index (χ2v) is 6.73. The van der Waals surface area contributed by atoms with E-state index in [9.17, 15) is 22.0 Å². The van der Waals surface area contributed by atoms with Crippen molar-refractivity contribution in [1.82, 2.24) is 4.90 Å². The van der Waals surface area contributed by atoms with Gasteiger partial charge in [-0.15, -0.1) is 0 Å². The van der Waals surface area contributed by atoms with Crippen LogP contribution in [-0.2, 0) is 11.3 Å². The van der Waals surface area contributed by atoms with E-state index >= 15 is 0 Å². The first-order chi connectivity index (χ1) is 11.4. The molecule has 0 aromatic carbocycles. The summed E-state index contributed by atoms with van der Waals surface area (Å²) >= 11 is 0. The third kappa shape index (κ3) is 5.17. The van der Waals surface area contributed by atoms with E-state index < -0.39 is 18.1 Å². The second-order valence-electron chi connectivity index (χ2n) is 6.73. The topological polar surface area (TPSA) is 53.7 Å². The minimum Gasteiger partial charge on any atom is -0.475 e. The van der Waals surface area contributed by atoms with Crippen molar-refractivity contribution in [2.45, 2.75) is 45.3 Å². The molecule has 2 heterocycles. The third-order valence-electron chi connectivity index (χ3n) is 4.61. The van der Waals surface area contributed by atoms with Crippen LogP contribution in [0.15, 0.2) is 10.5 Å². The molecule has 0 unspecified atom stereocenters. The van der Waals surface area contributed by atoms with Crippen molar-refractivity contribution in [2.24, 2.45) is 11.8 Å². The van der Waals surface area contributed by atoms with E-state index in [4.69, 9.17) is 14.3 Å². The predicted octanol–water partition coefficient (Wildman–Crippen LogP) is 4.01. The van der Waals surface area contributed by atoms with Crippen LogP contribution >= 0.6 is 0 Å². The standard InChI is InChI=1S/C14H19F2NO.C2HF3O2/c1-9-3-13(18-10(9)2)8-17-6-11-4-14(15,16)5-12(11)7-17;3-2(4,5)1(6)7/h3,11-12H,4-8H2,1-2H3;(H,6,7)/t11-,12+;. The Hall–Kier alpha value is -1.64. The number of furan rings is 1. The summed E-state index contributed by atoms with van der Waals surface area (Å²) < 4.78 is 63.9. The Balaban J connectivity index is 0.000000277. The van der Waals surface area contributed by atoms with Gasteiger partial charge in [0.2, 0.25) is 5.92 Å². The van der Waals surface area contributed by atoms with E-state index in [1.165, 1.54) is 0 Å². The number of alkyl halides is 5. The Kier molecular flexibility index (Phi) is 5.46. The summed E-state index contributed by atoms with van der Waals surface area (Å²) in [7, 11) is 0. The van der Waals surface area contributed by atoms with Crippen molar-refractivity contribution in [3.8, 4) is 0 Å². The lowest BCUT2D eigenvalue weighted by atomic mass is 10.0. The van der Waals surface area contributed by atoms with Gasteiger partial charge in [0.25, 0.3) is 0 Å². The highest BCUT2D eigenvalue weighted by Gasteiger charge is 2.50. The molecule has 4 nitrogen and oxygen atoms in total. The highest BCUT2D eigenvalue weighted by Crippen LogP contribution is 2.46. The first-order valence-corrected chi connectivity index (χ1v) is 7.83. The number of carboxylic acid groups (broad SMARTS) is 1. The number of rotatable bonds is 2. The number of halogens is 5. The summed E-state index contributed by atoms with van der Waals surface area (Å²) in [4.78, 5) is 11.1. The Bertz CT molecular complexity index is 590. The smallest absolute Gasteiger partial charge is 0.475 e. The number of carbonyl (C=O) groups is 1. The number of nitrogens with zero attached hydrogens (tertiary/aromatic N) is 1. The van der Waals surface area contributed by atoms with Gasteiger partial charge in [0, 0.05) is 25.9 Å². The molecule has 0 bridgehead atoms. The summed E-state index contributed by atoms with van der Waals surface area (Å²) in [6, 6.07) is 2.05. The predicted molar refractivity (Wildman–Crippen MR) is 78.3 cm³/mol. The molecule has 3 rings (SSSR count). The summed E-state index contributed by atoms with van der Waals surface area (Å²) in [5.74, 6) is -2.91. The number of carboxylic acids is 1. The van der Waals surface area contributed by atoms with Crippen LogP contribution in [0.5, 0.6) is 0 Å². The van der Waals surface area contributed by atoms with Gasteiger partial charge in [-0.3, -0.25) is 4.90 Å². The van der Waals surface area contributed by atoms with Crippen LogP contribution in [0.2, 0.25) is 0 Å². The number of aliphatic carboxylic acids is 1. The molecule has 9 heteroatoms. The molecule has 1 saturated heterocycles. The summed E-state index contributed by atoms with van der Waals surface area (Å²) in [6.45, 7) is 6.32. The maximum Gasteiger partial charge on any atom is 0.490 e. The molecule has 142 valence electrons. The highest BCUT2D eigenvalue weighted by atomic mass is 19.4. The fourth-order valence-electron chi connectivity index (χ4n) is 3.43. The average Bonchev–Trinajstić information content (AvgIpc) is 3.00. The third-order valence-corrected chi connectivity index (χ3v) is 4.61. The van der Waals surface area contributed by atoms with Crippen LogP contribution in [0, 0.1) is 25.7 Å². The molecule has 2 aliphatic rings. The molecular formula is C16H20F5NO3. The van der Waals surface area contributed by atoms with Crippen molar-refractivity contribution in [3.05, 3.63) is 23.2 Å². The Morgan fingerprint density at radius 1 is 1.28 bits per heavy atom. The zero-order valence-corrected chi connectivity index (χ0v) is 13.9. The molecule has 25 heavy (non-hydrogen) atoms. The van der Waals surface area contributed by atoms with Gasteiger partial charge in [-0.2, -0.15) is 13.2 Å². The quantitative estimate of drug-likeness (QED) is 0.801. The van der Waals surface area contributed by atoms with Crippen LogP contribution in [0.3, 0.4) is 0 Å². The maximum absolute atomic E-state index is 13.2. The molecule has 1 aliphatic carbocycles. The van der Waals surface area contributed by atoms with Gasteiger partial charge in [0.15, 0.2) is 0 Å². The molecule has 0 spiro atoms. The van der Waals surface area contributed by atoms with E-state index in [0.717, 1.165) is 36.7 Å². The molecule has 1 aliphatic heterocycles. The van der Waals surface area contributed by atoms with Crippen LogP contribution in [0.1, 0.15) is 29.9 Å². The second kappa shape index (κ2) is 6.93. The van der Waals surface area contributed by atoms with Crippen LogP contribution in [-0.4, -0.2) is 41.2 Å². The Morgan fingerprint density at radius 2 is 1.76 bits per heavy atom. The molecule has 0 amide bonds. The lowest BCUT2D eigenvalue weighted by Gasteiger charge is -2.17. The molecule has 1 saturated carbocycles. The largest absolute Gasteiger partial charge is 0.490 e. The molecular weight excluding hydrogens is 349 g/mol. The van der Waals surface area contributed by atoms with Gasteiger partial charge in [-0.05, 0) is 37.3 Å². The summed E-state index contributed by atoms with van der Waals surface area (Å²) in [5, 5.41) is 7.12. The van der Waals surface area contributed by atoms with Crippen LogP contribution in [0.4, 0.5) is 22.0 Å². The number of hydrogen-bond donors (Lipinski definition) is 1. The molecule has 0 radical (unpaired) electrons. The lowest BCUT2D eigenvalue weighted by Crippen LogP contribution is -2.24. The molecule has 1 aromatic rings. The molecule has 2 atom stereocenters. The van der Waals surface area contributed by atoms with Crippen LogP contribution < -0.4 is 0 Å². The monoisotopic (exact) mass is 369 g/mol. The van der Waals surface area contributed by atoms with Gasteiger partial charge in [-0.25, -0.2) is 13.6 Å². The van der Waals surface area contributed by atoms with Crippen molar-refractivity contribution in [1.29, 1.82) is 0 Å². The normalized spacial score (nSPS) is 25.4. The van der Waals surface area contributed by atoms with Gasteiger partial charge in [-0.1, -0.05) is 0 Å². The number of likely N-dealkylation sites (tertiary alicyclic amines) is 1. The first kappa shape index (κ1) is 19.7. The molecule has 2 fully saturated rings. The van der Waals surface area contributed by atoms with Gasteiger partial charge in [0.1, 0.15) is 11.5 Å². The Labute approximate surface area is 141 Å². The highest BCUT2D eigenvalue weighted by molar-refractivity contribution is 5.73. The van der Waals surface area contributed by atoms with E-state index in [-0.39, 0.29) is 24.7 Å². The SMILES string of the molecule is Cc1cc(CN2C[C@@H]3CC(F)(F)C[C@@H]3C2)oc1C.O=C(O)C(F)(F)F. The number of fused-ring (bicyclic) bond motifs is 1. The van der Waals surface area contributed by atoms with E-state index in [0.29, 0.717) is 0 Å². The van der Waals surface area contributed by atoms with Gasteiger partial charge < -0.3 is 9.52 Å². The molecule has 1 N–H and O–H groups in total. The average molecular weight is 369 g/mol. The zero-order chi connectivity index (χ0) is 19.0. The summed E-state index contributed by atoms with van der Waals surface area (Å²) in [6.07, 6.45) is -4.94. The van der Waals surface area contributed by atoms with E-state index in [2.05, 4.69) is 11.0 Å².